The highest BCUT2D eigenvalue weighted by Crippen LogP contribution is 2.19. The third-order valence-corrected chi connectivity index (χ3v) is 3.92. The molecule has 0 bridgehead atoms. The molecule has 0 aliphatic carbocycles. The topological polar surface area (TPSA) is 41.1 Å². The fraction of sp³-hybridized carbons (Fsp3) is 0.188. The van der Waals surface area contributed by atoms with E-state index in [9.17, 15) is 9.18 Å². The van der Waals surface area contributed by atoms with Gasteiger partial charge in [-0.05, 0) is 54.8 Å². The van der Waals surface area contributed by atoms with Gasteiger partial charge in [-0.15, -0.1) is 0 Å². The molecule has 2 aromatic carbocycles. The molecule has 0 fully saturated rings. The van der Waals surface area contributed by atoms with Crippen LogP contribution in [0.4, 0.5) is 14.9 Å². The van der Waals surface area contributed by atoms with Crippen molar-refractivity contribution in [3.63, 3.8) is 0 Å². The minimum Gasteiger partial charge on any atom is -0.338 e. The molecule has 0 aromatic heterocycles. The van der Waals surface area contributed by atoms with Crippen molar-refractivity contribution in [3.05, 3.63) is 63.9 Å². The van der Waals surface area contributed by atoms with Crippen LogP contribution in [-0.4, -0.2) is 12.6 Å². The highest BCUT2D eigenvalue weighted by atomic mass is 79.9. The van der Waals surface area contributed by atoms with E-state index in [0.29, 0.717) is 13.0 Å². The average molecular weight is 351 g/mol. The van der Waals surface area contributed by atoms with Crippen LogP contribution in [0.5, 0.6) is 0 Å². The summed E-state index contributed by atoms with van der Waals surface area (Å²) < 4.78 is 13.8. The van der Waals surface area contributed by atoms with Crippen LogP contribution in [0.3, 0.4) is 0 Å². The molecule has 0 heterocycles. The third kappa shape index (κ3) is 4.86. The van der Waals surface area contributed by atoms with Gasteiger partial charge in [0, 0.05) is 16.7 Å². The minimum atomic E-state index is -0.255. The van der Waals surface area contributed by atoms with Gasteiger partial charge in [-0.25, -0.2) is 9.18 Å². The van der Waals surface area contributed by atoms with Gasteiger partial charge in [0.05, 0.1) is 0 Å². The van der Waals surface area contributed by atoms with Crippen molar-refractivity contribution in [1.82, 2.24) is 5.32 Å². The zero-order valence-electron chi connectivity index (χ0n) is 11.6. The average Bonchev–Trinajstić information content (AvgIpc) is 2.45. The number of urea groups is 1. The SMILES string of the molecule is Cc1cc(NC(=O)NCCc2ccc(F)cc2)ccc1Br. The number of amides is 2. The Morgan fingerprint density at radius 1 is 1.19 bits per heavy atom. The van der Waals surface area contributed by atoms with Crippen molar-refractivity contribution in [1.29, 1.82) is 0 Å². The van der Waals surface area contributed by atoms with Gasteiger partial charge in [-0.3, -0.25) is 0 Å². The lowest BCUT2D eigenvalue weighted by Gasteiger charge is -2.09. The molecule has 0 radical (unpaired) electrons. The maximum absolute atomic E-state index is 12.8. The zero-order valence-corrected chi connectivity index (χ0v) is 13.2. The van der Waals surface area contributed by atoms with Crippen LogP contribution in [-0.2, 0) is 6.42 Å². The van der Waals surface area contributed by atoms with Gasteiger partial charge in [-0.1, -0.05) is 28.1 Å². The molecule has 0 aliphatic heterocycles. The Hall–Kier alpha value is -1.88. The maximum Gasteiger partial charge on any atom is 0.319 e. The number of anilines is 1. The predicted octanol–water partition coefficient (Wildman–Crippen LogP) is 4.26. The summed E-state index contributed by atoms with van der Waals surface area (Å²) in [5.74, 6) is -0.255. The molecule has 0 unspecified atom stereocenters. The number of hydrogen-bond acceptors (Lipinski definition) is 1. The molecule has 3 nitrogen and oxygen atoms in total. The lowest BCUT2D eigenvalue weighted by Crippen LogP contribution is -2.30. The first kappa shape index (κ1) is 15.5. The number of carbonyl (C=O) groups is 1. The van der Waals surface area contributed by atoms with Gasteiger partial charge in [0.2, 0.25) is 0 Å². The van der Waals surface area contributed by atoms with Gasteiger partial charge in [-0.2, -0.15) is 0 Å². The molecular weight excluding hydrogens is 335 g/mol. The number of benzene rings is 2. The Morgan fingerprint density at radius 3 is 2.57 bits per heavy atom. The number of rotatable bonds is 4. The summed E-state index contributed by atoms with van der Waals surface area (Å²) >= 11 is 3.41. The van der Waals surface area contributed by atoms with Crippen LogP contribution in [0.2, 0.25) is 0 Å². The fourth-order valence-corrected chi connectivity index (χ4v) is 2.12. The highest BCUT2D eigenvalue weighted by molar-refractivity contribution is 9.10. The van der Waals surface area contributed by atoms with E-state index in [4.69, 9.17) is 0 Å². The second-order valence-electron chi connectivity index (χ2n) is 4.72. The highest BCUT2D eigenvalue weighted by Gasteiger charge is 2.03. The first-order valence-corrected chi connectivity index (χ1v) is 7.39. The second-order valence-corrected chi connectivity index (χ2v) is 5.58. The molecule has 2 N–H and O–H groups in total. The van der Waals surface area contributed by atoms with Crippen molar-refractivity contribution < 1.29 is 9.18 Å². The molecule has 2 rings (SSSR count). The Morgan fingerprint density at radius 2 is 1.90 bits per heavy atom. The molecule has 0 spiro atoms. The number of nitrogens with one attached hydrogen (secondary N) is 2. The van der Waals surface area contributed by atoms with E-state index in [1.807, 2.05) is 25.1 Å². The van der Waals surface area contributed by atoms with Gasteiger partial charge >= 0.3 is 6.03 Å². The van der Waals surface area contributed by atoms with Crippen molar-refractivity contribution in [3.8, 4) is 0 Å². The molecule has 5 heteroatoms. The lowest BCUT2D eigenvalue weighted by molar-refractivity contribution is 0.252. The van der Waals surface area contributed by atoms with E-state index in [-0.39, 0.29) is 11.8 Å². The summed E-state index contributed by atoms with van der Waals surface area (Å²) in [5, 5.41) is 5.55. The van der Waals surface area contributed by atoms with E-state index in [1.54, 1.807) is 12.1 Å². The summed E-state index contributed by atoms with van der Waals surface area (Å²) in [7, 11) is 0. The minimum absolute atomic E-state index is 0.251. The fourth-order valence-electron chi connectivity index (χ4n) is 1.87. The quantitative estimate of drug-likeness (QED) is 0.849. The summed E-state index contributed by atoms with van der Waals surface area (Å²) in [5.41, 5.74) is 2.78. The lowest BCUT2D eigenvalue weighted by atomic mass is 10.1. The van der Waals surface area contributed by atoms with Crippen molar-refractivity contribution in [2.45, 2.75) is 13.3 Å². The van der Waals surface area contributed by atoms with Crippen LogP contribution in [0.1, 0.15) is 11.1 Å². The van der Waals surface area contributed by atoms with Crippen LogP contribution in [0, 0.1) is 12.7 Å². The van der Waals surface area contributed by atoms with Gasteiger partial charge < -0.3 is 10.6 Å². The van der Waals surface area contributed by atoms with Crippen LogP contribution >= 0.6 is 15.9 Å². The standard InChI is InChI=1S/C16H16BrFN2O/c1-11-10-14(6-7-15(11)17)20-16(21)19-9-8-12-2-4-13(18)5-3-12/h2-7,10H,8-9H2,1H3,(H2,19,20,21). The third-order valence-electron chi connectivity index (χ3n) is 3.03. The predicted molar refractivity (Wildman–Crippen MR) is 86.0 cm³/mol. The molecule has 110 valence electrons. The van der Waals surface area contributed by atoms with E-state index in [1.165, 1.54) is 12.1 Å². The normalized spacial score (nSPS) is 10.2. The van der Waals surface area contributed by atoms with Crippen molar-refractivity contribution >= 4 is 27.6 Å². The Labute approximate surface area is 131 Å². The Bertz CT molecular complexity index is 629. The Balaban J connectivity index is 1.79. The maximum atomic E-state index is 12.8. The number of carbonyl (C=O) groups excluding carboxylic acids is 1. The van der Waals surface area contributed by atoms with Gasteiger partial charge in [0.15, 0.2) is 0 Å². The summed E-state index contributed by atoms with van der Waals surface area (Å²) in [6.07, 6.45) is 0.660. The molecule has 0 saturated carbocycles. The number of hydrogen-bond donors (Lipinski definition) is 2. The molecule has 0 aliphatic rings. The monoisotopic (exact) mass is 350 g/mol. The number of halogens is 2. The zero-order chi connectivity index (χ0) is 15.2. The molecule has 2 aromatic rings. The molecule has 2 amide bonds. The van der Waals surface area contributed by atoms with E-state index < -0.39 is 0 Å². The van der Waals surface area contributed by atoms with Gasteiger partial charge in [0.1, 0.15) is 5.82 Å². The van der Waals surface area contributed by atoms with E-state index in [2.05, 4.69) is 26.6 Å². The molecule has 21 heavy (non-hydrogen) atoms. The first-order valence-electron chi connectivity index (χ1n) is 6.60. The number of aryl methyl sites for hydroxylation is 1. The van der Waals surface area contributed by atoms with Gasteiger partial charge in [0.25, 0.3) is 0 Å². The molecular formula is C16H16BrFN2O. The summed E-state index contributed by atoms with van der Waals surface area (Å²) in [6.45, 7) is 2.45. The van der Waals surface area contributed by atoms with Crippen LogP contribution in [0.25, 0.3) is 0 Å². The van der Waals surface area contributed by atoms with Crippen molar-refractivity contribution in [2.24, 2.45) is 0 Å². The Kier molecular flexibility index (Phi) is 5.33. The summed E-state index contributed by atoms with van der Waals surface area (Å²) in [6, 6.07) is 11.6. The first-order chi connectivity index (χ1) is 10.0. The van der Waals surface area contributed by atoms with Crippen LogP contribution < -0.4 is 10.6 Å². The molecule has 0 atom stereocenters. The van der Waals surface area contributed by atoms with Crippen molar-refractivity contribution in [2.75, 3.05) is 11.9 Å². The summed E-state index contributed by atoms with van der Waals surface area (Å²) in [4.78, 5) is 11.8. The van der Waals surface area contributed by atoms with E-state index in [0.717, 1.165) is 21.3 Å². The largest absolute Gasteiger partial charge is 0.338 e. The van der Waals surface area contributed by atoms with E-state index >= 15 is 0 Å². The second kappa shape index (κ2) is 7.22. The van der Waals surface area contributed by atoms with Crippen LogP contribution in [0.15, 0.2) is 46.9 Å². The smallest absolute Gasteiger partial charge is 0.319 e. The molecule has 0 saturated heterocycles.